The van der Waals surface area contributed by atoms with E-state index in [4.69, 9.17) is 39.5 Å². The molecule has 5 nitrogen and oxygen atoms in total. The summed E-state index contributed by atoms with van der Waals surface area (Å²) >= 11 is 18.0. The minimum absolute atomic E-state index is 0.152. The molecule has 0 aliphatic carbocycles. The number of allylic oxidation sites excluding steroid dienone is 4. The first-order chi connectivity index (χ1) is 13.9. The van der Waals surface area contributed by atoms with Gasteiger partial charge >= 0.3 is 6.03 Å². The molecule has 8 heteroatoms. The number of carbonyl (C=O) groups is 1. The van der Waals surface area contributed by atoms with Gasteiger partial charge in [0.15, 0.2) is 5.75 Å². The van der Waals surface area contributed by atoms with Crippen LogP contribution in [0.3, 0.4) is 0 Å². The Bertz CT molecular complexity index is 773. The third-order valence-corrected chi connectivity index (χ3v) is 4.34. The van der Waals surface area contributed by atoms with E-state index in [1.54, 1.807) is 29.4 Å². The van der Waals surface area contributed by atoms with Gasteiger partial charge in [-0.25, -0.2) is 9.78 Å². The van der Waals surface area contributed by atoms with E-state index in [0.29, 0.717) is 33.9 Å². The molecular weight excluding hydrogens is 433 g/mol. The van der Waals surface area contributed by atoms with Crippen LogP contribution in [0.1, 0.15) is 27.2 Å². The van der Waals surface area contributed by atoms with Crippen molar-refractivity contribution in [3.63, 3.8) is 0 Å². The maximum absolute atomic E-state index is 12.3. The molecule has 0 saturated carbocycles. The van der Waals surface area contributed by atoms with Crippen LogP contribution in [0.2, 0.25) is 15.1 Å². The number of rotatable bonds is 7. The summed E-state index contributed by atoms with van der Waals surface area (Å²) in [4.78, 5) is 17.9. The first-order valence-corrected chi connectivity index (χ1v) is 10.4. The van der Waals surface area contributed by atoms with Crippen LogP contribution < -0.4 is 4.74 Å². The molecule has 1 aromatic heterocycles. The molecule has 2 rings (SSSR count). The fraction of sp³-hybridized carbons (Fsp3) is 0.333. The highest BCUT2D eigenvalue weighted by atomic mass is 35.5. The van der Waals surface area contributed by atoms with Gasteiger partial charge in [-0.1, -0.05) is 66.0 Å². The molecular formula is C21H26Cl3N3O2. The van der Waals surface area contributed by atoms with Gasteiger partial charge in [0.1, 0.15) is 12.9 Å². The molecule has 0 unspecified atom stereocenters. The molecule has 1 heterocycles. The van der Waals surface area contributed by atoms with Crippen molar-refractivity contribution in [3.8, 4) is 5.75 Å². The number of amides is 1. The van der Waals surface area contributed by atoms with E-state index < -0.39 is 0 Å². The Morgan fingerprint density at radius 3 is 2.24 bits per heavy atom. The number of aromatic nitrogens is 2. The summed E-state index contributed by atoms with van der Waals surface area (Å²) in [7, 11) is 0. The fourth-order valence-corrected chi connectivity index (χ4v) is 3.18. The Balaban J connectivity index is 0.000000612. The molecule has 0 aliphatic rings. The molecule has 0 bridgehead atoms. The maximum atomic E-state index is 12.3. The van der Waals surface area contributed by atoms with Gasteiger partial charge in [0.05, 0.1) is 16.6 Å². The third-order valence-electron chi connectivity index (χ3n) is 3.56. The van der Waals surface area contributed by atoms with Crippen LogP contribution in [0.4, 0.5) is 4.79 Å². The topological polar surface area (TPSA) is 47.4 Å². The van der Waals surface area contributed by atoms with E-state index in [1.165, 1.54) is 10.9 Å². The van der Waals surface area contributed by atoms with Crippen molar-refractivity contribution in [2.24, 2.45) is 0 Å². The fourth-order valence-electron chi connectivity index (χ4n) is 2.26. The second-order valence-corrected chi connectivity index (χ2v) is 7.09. The molecule has 2 aromatic rings. The Kier molecular flexibility index (Phi) is 12.2. The van der Waals surface area contributed by atoms with Crippen LogP contribution in [0.25, 0.3) is 0 Å². The number of benzene rings is 1. The molecule has 0 fully saturated rings. The molecule has 0 N–H and O–H groups in total. The highest BCUT2D eigenvalue weighted by Gasteiger charge is 2.15. The molecule has 0 saturated heterocycles. The normalized spacial score (nSPS) is 10.8. The number of hydrogen-bond donors (Lipinski definition) is 0. The first-order valence-electron chi connectivity index (χ1n) is 9.23. The van der Waals surface area contributed by atoms with E-state index in [2.05, 4.69) is 4.98 Å². The Morgan fingerprint density at radius 1 is 1.14 bits per heavy atom. The summed E-state index contributed by atoms with van der Waals surface area (Å²) in [6.45, 7) is 7.28. The van der Waals surface area contributed by atoms with E-state index in [0.717, 1.165) is 6.42 Å². The predicted octanol–water partition coefficient (Wildman–Crippen LogP) is 6.74. The standard InChI is InChI=1S/C15H16Cl3N3O2.C6H10/c1-2-4-20(15(22)21-5-3-19-10-21)6-7-23-14-12(17)8-11(16)9-13(14)18;1-3-5-6-4-2/h3,5,8-10H,2,4,6-7H2,1H3;3-6H,1-2H3/b;5-3+,6-4+. The largest absolute Gasteiger partial charge is 0.489 e. The van der Waals surface area contributed by atoms with Gasteiger partial charge in [0.2, 0.25) is 0 Å². The monoisotopic (exact) mass is 457 g/mol. The second-order valence-electron chi connectivity index (χ2n) is 5.84. The van der Waals surface area contributed by atoms with Crippen LogP contribution in [0, 0.1) is 0 Å². The number of nitrogens with zero attached hydrogens (tertiary/aromatic N) is 3. The number of halogens is 3. The quantitative estimate of drug-likeness (QED) is 0.432. The Hall–Kier alpha value is -1.95. The van der Waals surface area contributed by atoms with Crippen LogP contribution in [0.15, 0.2) is 55.2 Å². The van der Waals surface area contributed by atoms with Gasteiger partial charge in [-0.05, 0) is 32.4 Å². The lowest BCUT2D eigenvalue weighted by Gasteiger charge is -2.22. The van der Waals surface area contributed by atoms with E-state index in [-0.39, 0.29) is 12.6 Å². The molecule has 1 aromatic carbocycles. The zero-order valence-electron chi connectivity index (χ0n) is 16.8. The molecule has 0 aliphatic heterocycles. The highest BCUT2D eigenvalue weighted by Crippen LogP contribution is 2.35. The second kappa shape index (κ2) is 14.1. The average Bonchev–Trinajstić information content (AvgIpc) is 3.22. The van der Waals surface area contributed by atoms with Gasteiger partial charge in [-0.2, -0.15) is 0 Å². The smallest absolute Gasteiger partial charge is 0.329 e. The number of hydrogen-bond acceptors (Lipinski definition) is 3. The van der Waals surface area contributed by atoms with Gasteiger partial charge in [0, 0.05) is 24.0 Å². The number of ether oxygens (including phenoxy) is 1. The van der Waals surface area contributed by atoms with Gasteiger partial charge in [-0.3, -0.25) is 4.57 Å². The van der Waals surface area contributed by atoms with Crippen LogP contribution in [0.5, 0.6) is 5.75 Å². The van der Waals surface area contributed by atoms with E-state index in [9.17, 15) is 4.79 Å². The molecule has 0 radical (unpaired) electrons. The lowest BCUT2D eigenvalue weighted by Crippen LogP contribution is -2.37. The van der Waals surface area contributed by atoms with Crippen LogP contribution >= 0.6 is 34.8 Å². The van der Waals surface area contributed by atoms with Crippen LogP contribution in [-0.4, -0.2) is 40.2 Å². The lowest BCUT2D eigenvalue weighted by molar-refractivity contribution is 0.184. The van der Waals surface area contributed by atoms with Crippen molar-refractivity contribution in [2.45, 2.75) is 27.2 Å². The first kappa shape index (κ1) is 25.1. The van der Waals surface area contributed by atoms with Crippen molar-refractivity contribution >= 4 is 40.8 Å². The molecule has 0 atom stereocenters. The molecule has 158 valence electrons. The zero-order valence-corrected chi connectivity index (χ0v) is 19.1. The minimum Gasteiger partial charge on any atom is -0.489 e. The summed E-state index contributed by atoms with van der Waals surface area (Å²) in [5, 5.41) is 1.12. The van der Waals surface area contributed by atoms with Crippen molar-refractivity contribution in [2.75, 3.05) is 19.7 Å². The van der Waals surface area contributed by atoms with Crippen LogP contribution in [-0.2, 0) is 0 Å². The van der Waals surface area contributed by atoms with Crippen molar-refractivity contribution in [1.82, 2.24) is 14.5 Å². The van der Waals surface area contributed by atoms with Crippen molar-refractivity contribution in [3.05, 3.63) is 70.2 Å². The summed E-state index contributed by atoms with van der Waals surface area (Å²) in [6.07, 6.45) is 13.5. The zero-order chi connectivity index (χ0) is 21.6. The highest BCUT2D eigenvalue weighted by molar-refractivity contribution is 6.40. The number of carbonyl (C=O) groups excluding carboxylic acids is 1. The summed E-state index contributed by atoms with van der Waals surface area (Å²) < 4.78 is 7.05. The lowest BCUT2D eigenvalue weighted by atomic mass is 10.3. The summed E-state index contributed by atoms with van der Waals surface area (Å²) in [6, 6.07) is 2.97. The van der Waals surface area contributed by atoms with Crippen molar-refractivity contribution < 1.29 is 9.53 Å². The predicted molar refractivity (Wildman–Crippen MR) is 121 cm³/mol. The van der Waals surface area contributed by atoms with Gasteiger partial charge in [-0.15, -0.1) is 0 Å². The summed E-state index contributed by atoms with van der Waals surface area (Å²) in [5.74, 6) is 0.365. The molecule has 29 heavy (non-hydrogen) atoms. The molecule has 0 spiro atoms. The Morgan fingerprint density at radius 2 is 1.76 bits per heavy atom. The van der Waals surface area contributed by atoms with Crippen molar-refractivity contribution in [1.29, 1.82) is 0 Å². The number of imidazole rings is 1. The maximum Gasteiger partial charge on any atom is 0.329 e. The molecule has 1 amide bonds. The van der Waals surface area contributed by atoms with Gasteiger partial charge < -0.3 is 9.64 Å². The third kappa shape index (κ3) is 8.94. The van der Waals surface area contributed by atoms with Gasteiger partial charge in [0.25, 0.3) is 0 Å². The SMILES string of the molecule is C/C=C/C=C/C.CCCN(CCOc1c(Cl)cc(Cl)cc1Cl)C(=O)n1ccnc1. The van der Waals surface area contributed by atoms with E-state index in [1.807, 2.05) is 45.1 Å². The minimum atomic E-state index is -0.152. The summed E-state index contributed by atoms with van der Waals surface area (Å²) in [5.41, 5.74) is 0. The van der Waals surface area contributed by atoms with E-state index >= 15 is 0 Å². The Labute approximate surface area is 187 Å². The average molecular weight is 459 g/mol.